The van der Waals surface area contributed by atoms with Gasteiger partial charge in [0.15, 0.2) is 11.5 Å². The third-order valence-electron chi connectivity index (χ3n) is 6.46. The lowest BCUT2D eigenvalue weighted by molar-refractivity contribution is -0.140. The van der Waals surface area contributed by atoms with Crippen LogP contribution < -0.4 is 15.2 Å². The molecule has 2 N–H and O–H groups in total. The number of hydrogen-bond acceptors (Lipinski definition) is 7. The van der Waals surface area contributed by atoms with E-state index in [9.17, 15) is 9.59 Å². The Hall–Kier alpha value is -3.04. The predicted octanol–water partition coefficient (Wildman–Crippen LogP) is 2.16. The molecular formula is C25H33N3O6. The minimum absolute atomic E-state index is 0.208. The van der Waals surface area contributed by atoms with Gasteiger partial charge in [0.2, 0.25) is 0 Å². The van der Waals surface area contributed by atoms with Gasteiger partial charge in [0.25, 0.3) is 5.91 Å². The molecule has 0 bridgehead atoms. The molecule has 3 heterocycles. The van der Waals surface area contributed by atoms with Crippen LogP contribution >= 0.6 is 0 Å². The van der Waals surface area contributed by atoms with Gasteiger partial charge in [-0.15, -0.1) is 0 Å². The van der Waals surface area contributed by atoms with E-state index in [1.165, 1.54) is 7.11 Å². The zero-order valence-corrected chi connectivity index (χ0v) is 19.9. The van der Waals surface area contributed by atoms with Crippen molar-refractivity contribution in [2.24, 2.45) is 5.73 Å². The molecule has 1 fully saturated rings. The Morgan fingerprint density at radius 3 is 2.50 bits per heavy atom. The maximum Gasteiger partial charge on any atom is 0.305 e. The molecule has 2 aliphatic rings. The lowest BCUT2D eigenvalue weighted by atomic mass is 9.97. The molecule has 1 saturated heterocycles. The van der Waals surface area contributed by atoms with Crippen molar-refractivity contribution >= 4 is 11.9 Å². The highest BCUT2D eigenvalue weighted by atomic mass is 16.6. The van der Waals surface area contributed by atoms with Crippen molar-refractivity contribution in [3.63, 3.8) is 0 Å². The van der Waals surface area contributed by atoms with Crippen molar-refractivity contribution in [3.05, 3.63) is 35.2 Å². The molecule has 34 heavy (non-hydrogen) atoms. The van der Waals surface area contributed by atoms with Gasteiger partial charge >= 0.3 is 5.97 Å². The van der Waals surface area contributed by atoms with E-state index in [-0.39, 0.29) is 12.4 Å². The van der Waals surface area contributed by atoms with E-state index in [2.05, 4.69) is 9.47 Å². The van der Waals surface area contributed by atoms with Crippen molar-refractivity contribution in [1.29, 1.82) is 0 Å². The number of amides is 1. The second-order valence-electron chi connectivity index (χ2n) is 8.54. The molecule has 1 amide bonds. The summed E-state index contributed by atoms with van der Waals surface area (Å²) in [7, 11) is 1.38. The van der Waals surface area contributed by atoms with Gasteiger partial charge in [0.05, 0.1) is 32.3 Å². The molecule has 2 aromatic rings. The van der Waals surface area contributed by atoms with Gasteiger partial charge in [-0.3, -0.25) is 14.5 Å². The molecule has 0 radical (unpaired) electrons. The number of esters is 1. The summed E-state index contributed by atoms with van der Waals surface area (Å²) >= 11 is 0. The molecule has 0 atom stereocenters. The average Bonchev–Trinajstić information content (AvgIpc) is 3.14. The minimum Gasteiger partial charge on any atom is -0.486 e. The van der Waals surface area contributed by atoms with Gasteiger partial charge in [-0.05, 0) is 37.5 Å². The lowest BCUT2D eigenvalue weighted by Gasteiger charge is -2.26. The standard InChI is InChI=1S/C25H33N3O6/c1-17-23(25(26)30)24(18-4-6-20-21(16-18)34-15-14-33-20)19(5-7-22(29)31-2)28(17)9-3-8-27-10-12-32-13-11-27/h4,6,16H,3,5,7-15H2,1-2H3,(H2,26,30). The number of morpholine rings is 1. The Kier molecular flexibility index (Phi) is 7.74. The highest BCUT2D eigenvalue weighted by molar-refractivity contribution is 6.02. The minimum atomic E-state index is -0.492. The van der Waals surface area contributed by atoms with E-state index in [1.54, 1.807) is 0 Å². The van der Waals surface area contributed by atoms with Gasteiger partial charge in [-0.2, -0.15) is 0 Å². The smallest absolute Gasteiger partial charge is 0.305 e. The number of benzene rings is 1. The normalized spacial score (nSPS) is 15.8. The van der Waals surface area contributed by atoms with E-state index in [0.717, 1.165) is 61.8 Å². The third-order valence-corrected chi connectivity index (χ3v) is 6.46. The maximum atomic E-state index is 12.6. The van der Waals surface area contributed by atoms with Gasteiger partial charge in [-0.25, -0.2) is 0 Å². The third kappa shape index (κ3) is 5.20. The zero-order valence-electron chi connectivity index (χ0n) is 19.9. The van der Waals surface area contributed by atoms with Crippen LogP contribution in [0.15, 0.2) is 18.2 Å². The van der Waals surface area contributed by atoms with Crippen LogP contribution in [0.1, 0.15) is 34.6 Å². The molecule has 2 aliphatic heterocycles. The van der Waals surface area contributed by atoms with Crippen LogP contribution in [0.5, 0.6) is 11.5 Å². The first-order valence-corrected chi connectivity index (χ1v) is 11.8. The van der Waals surface area contributed by atoms with Gasteiger partial charge in [-0.1, -0.05) is 6.07 Å². The summed E-state index contributed by atoms with van der Waals surface area (Å²) in [5, 5.41) is 0. The SMILES string of the molecule is COC(=O)CCc1c(-c2ccc3c(c2)OCCO3)c(C(N)=O)c(C)n1CCCN1CCOCC1. The number of nitrogens with two attached hydrogens (primary N) is 1. The Balaban J connectivity index is 1.71. The second-order valence-corrected chi connectivity index (χ2v) is 8.54. The summed E-state index contributed by atoms with van der Waals surface area (Å²) in [6.45, 7) is 7.90. The van der Waals surface area contributed by atoms with E-state index in [1.807, 2.05) is 25.1 Å². The Bertz CT molecular complexity index is 1040. The first-order valence-electron chi connectivity index (χ1n) is 11.8. The Labute approximate surface area is 199 Å². The number of fused-ring (bicyclic) bond motifs is 1. The molecule has 0 spiro atoms. The fourth-order valence-corrected chi connectivity index (χ4v) is 4.77. The molecular weight excluding hydrogens is 438 g/mol. The summed E-state index contributed by atoms with van der Waals surface area (Å²) in [5.74, 6) is 0.519. The number of primary amides is 1. The monoisotopic (exact) mass is 471 g/mol. The van der Waals surface area contributed by atoms with Crippen molar-refractivity contribution in [3.8, 4) is 22.6 Å². The van der Waals surface area contributed by atoms with Crippen LogP contribution in [0.4, 0.5) is 0 Å². The van der Waals surface area contributed by atoms with Crippen LogP contribution in [-0.4, -0.2) is 74.5 Å². The zero-order chi connectivity index (χ0) is 24.1. The van der Waals surface area contributed by atoms with Gasteiger partial charge < -0.3 is 29.2 Å². The Morgan fingerprint density at radius 1 is 1.06 bits per heavy atom. The lowest BCUT2D eigenvalue weighted by Crippen LogP contribution is -2.37. The average molecular weight is 472 g/mol. The second kappa shape index (κ2) is 10.9. The van der Waals surface area contributed by atoms with Crippen LogP contribution in [-0.2, 0) is 27.2 Å². The first-order chi connectivity index (χ1) is 16.5. The van der Waals surface area contributed by atoms with Crippen LogP contribution in [0, 0.1) is 6.92 Å². The van der Waals surface area contributed by atoms with E-state index < -0.39 is 5.91 Å². The summed E-state index contributed by atoms with van der Waals surface area (Å²) in [5.41, 5.74) is 9.62. The number of nitrogens with zero attached hydrogens (tertiary/aromatic N) is 2. The van der Waals surface area contributed by atoms with Crippen molar-refractivity contribution in [2.45, 2.75) is 32.7 Å². The molecule has 1 aromatic heterocycles. The van der Waals surface area contributed by atoms with E-state index in [0.29, 0.717) is 43.2 Å². The first kappa shape index (κ1) is 24.1. The van der Waals surface area contributed by atoms with Crippen LogP contribution in [0.2, 0.25) is 0 Å². The van der Waals surface area contributed by atoms with Crippen LogP contribution in [0.25, 0.3) is 11.1 Å². The number of methoxy groups -OCH3 is 1. The van der Waals surface area contributed by atoms with Crippen molar-refractivity contribution in [2.75, 3.05) is 53.2 Å². The number of hydrogen-bond donors (Lipinski definition) is 1. The maximum absolute atomic E-state index is 12.6. The number of aromatic nitrogens is 1. The van der Waals surface area contributed by atoms with E-state index in [4.69, 9.17) is 24.7 Å². The fraction of sp³-hybridized carbons (Fsp3) is 0.520. The molecule has 9 nitrogen and oxygen atoms in total. The molecule has 9 heteroatoms. The topological polar surface area (TPSA) is 105 Å². The number of ether oxygens (including phenoxy) is 4. The van der Waals surface area contributed by atoms with Crippen molar-refractivity contribution < 1.29 is 28.5 Å². The largest absolute Gasteiger partial charge is 0.486 e. The molecule has 4 rings (SSSR count). The molecule has 0 aliphatic carbocycles. The molecule has 0 unspecified atom stereocenters. The van der Waals surface area contributed by atoms with Gasteiger partial charge in [0, 0.05) is 43.1 Å². The number of rotatable bonds is 9. The molecule has 1 aromatic carbocycles. The highest BCUT2D eigenvalue weighted by Crippen LogP contribution is 2.39. The highest BCUT2D eigenvalue weighted by Gasteiger charge is 2.26. The predicted molar refractivity (Wildman–Crippen MR) is 126 cm³/mol. The molecule has 0 saturated carbocycles. The molecule has 184 valence electrons. The quantitative estimate of drug-likeness (QED) is 0.559. The summed E-state index contributed by atoms with van der Waals surface area (Å²) in [6, 6.07) is 5.65. The summed E-state index contributed by atoms with van der Waals surface area (Å²) < 4.78 is 23.9. The van der Waals surface area contributed by atoms with E-state index >= 15 is 0 Å². The van der Waals surface area contributed by atoms with Crippen molar-refractivity contribution in [1.82, 2.24) is 9.47 Å². The van der Waals surface area contributed by atoms with Crippen LogP contribution in [0.3, 0.4) is 0 Å². The Morgan fingerprint density at radius 2 is 1.79 bits per heavy atom. The summed E-state index contributed by atoms with van der Waals surface area (Å²) in [4.78, 5) is 27.0. The fourth-order valence-electron chi connectivity index (χ4n) is 4.77. The number of carbonyl (C=O) groups excluding carboxylic acids is 2. The number of carbonyl (C=O) groups is 2. The van der Waals surface area contributed by atoms with Gasteiger partial charge in [0.1, 0.15) is 13.2 Å². The summed E-state index contributed by atoms with van der Waals surface area (Å²) in [6.07, 6.45) is 1.54.